The number of carbonyl (C=O) groups is 1. The average Bonchev–Trinajstić information content (AvgIpc) is 3.41. The highest BCUT2D eigenvalue weighted by molar-refractivity contribution is 7.08. The summed E-state index contributed by atoms with van der Waals surface area (Å²) >= 11 is 1.58. The highest BCUT2D eigenvalue weighted by Crippen LogP contribution is 2.29. The maximum absolute atomic E-state index is 12.8. The Morgan fingerprint density at radius 3 is 2.61 bits per heavy atom. The first-order chi connectivity index (χ1) is 16.2. The fourth-order valence-electron chi connectivity index (χ4n) is 4.80. The highest BCUT2D eigenvalue weighted by Gasteiger charge is 2.32. The average molecular weight is 464 g/mol. The Kier molecular flexibility index (Phi) is 8.64. The first-order valence-electron chi connectivity index (χ1n) is 11.7. The molecule has 2 aromatic heterocycles. The number of hydrogen-bond acceptors (Lipinski definition) is 5. The van der Waals surface area contributed by atoms with E-state index in [-0.39, 0.29) is 5.91 Å². The highest BCUT2D eigenvalue weighted by atomic mass is 32.1. The van der Waals surface area contributed by atoms with E-state index in [2.05, 4.69) is 46.3 Å². The summed E-state index contributed by atoms with van der Waals surface area (Å²) in [5.74, 6) is 0.686. The summed E-state index contributed by atoms with van der Waals surface area (Å²) in [7, 11) is 1.77. The van der Waals surface area contributed by atoms with E-state index in [0.29, 0.717) is 18.6 Å². The fourth-order valence-corrected chi connectivity index (χ4v) is 5.43. The molecule has 0 spiro atoms. The number of benzene rings is 1. The lowest BCUT2D eigenvalue weighted by atomic mass is 9.84. The quantitative estimate of drug-likeness (QED) is 0.435. The second-order valence-electron chi connectivity index (χ2n) is 8.72. The second-order valence-corrected chi connectivity index (χ2v) is 9.50. The van der Waals surface area contributed by atoms with Crippen molar-refractivity contribution in [3.05, 3.63) is 88.4 Å². The van der Waals surface area contributed by atoms with Crippen molar-refractivity contribution in [2.24, 2.45) is 5.92 Å². The number of ether oxygens (including phenoxy) is 1. The third-order valence-corrected chi connectivity index (χ3v) is 7.27. The van der Waals surface area contributed by atoms with Crippen LogP contribution in [0.15, 0.2) is 71.7 Å². The van der Waals surface area contributed by atoms with Gasteiger partial charge in [-0.15, -0.1) is 0 Å². The zero-order valence-electron chi connectivity index (χ0n) is 19.3. The number of aromatic nitrogens is 1. The summed E-state index contributed by atoms with van der Waals surface area (Å²) in [6.07, 6.45) is 6.81. The zero-order chi connectivity index (χ0) is 22.9. The fraction of sp³-hybridized carbons (Fsp3) is 0.407. The van der Waals surface area contributed by atoms with Crippen LogP contribution in [0.25, 0.3) is 0 Å². The van der Waals surface area contributed by atoms with Crippen LogP contribution >= 0.6 is 11.3 Å². The van der Waals surface area contributed by atoms with E-state index in [1.807, 2.05) is 40.2 Å². The second kappa shape index (κ2) is 12.1. The minimum atomic E-state index is 0.168. The molecule has 1 aromatic carbocycles. The Morgan fingerprint density at radius 1 is 1.15 bits per heavy atom. The van der Waals surface area contributed by atoms with Gasteiger partial charge in [0.2, 0.25) is 0 Å². The number of piperidine rings is 1. The molecular weight excluding hydrogens is 430 g/mol. The van der Waals surface area contributed by atoms with Crippen LogP contribution in [0.4, 0.5) is 0 Å². The van der Waals surface area contributed by atoms with Crippen LogP contribution in [-0.4, -0.2) is 60.1 Å². The van der Waals surface area contributed by atoms with Gasteiger partial charge in [-0.3, -0.25) is 14.7 Å². The molecule has 5 nitrogen and oxygen atoms in total. The number of hydrogen-bond donors (Lipinski definition) is 0. The van der Waals surface area contributed by atoms with Crippen molar-refractivity contribution < 1.29 is 9.53 Å². The predicted molar refractivity (Wildman–Crippen MR) is 133 cm³/mol. The third-order valence-electron chi connectivity index (χ3n) is 6.59. The van der Waals surface area contributed by atoms with Gasteiger partial charge in [-0.25, -0.2) is 0 Å². The van der Waals surface area contributed by atoms with E-state index in [1.165, 1.54) is 11.1 Å². The summed E-state index contributed by atoms with van der Waals surface area (Å²) in [6.45, 7) is 4.05. The molecular formula is C27H33N3O2S. The number of nitrogens with zero attached hydrogens (tertiary/aromatic N) is 3. The van der Waals surface area contributed by atoms with Crippen molar-refractivity contribution in [2.45, 2.75) is 31.8 Å². The number of amides is 1. The Morgan fingerprint density at radius 2 is 1.94 bits per heavy atom. The third kappa shape index (κ3) is 6.50. The van der Waals surface area contributed by atoms with E-state index in [1.54, 1.807) is 18.4 Å². The molecule has 1 aliphatic heterocycles. The minimum absolute atomic E-state index is 0.168. The van der Waals surface area contributed by atoms with Gasteiger partial charge in [0.25, 0.3) is 5.91 Å². The summed E-state index contributed by atoms with van der Waals surface area (Å²) in [6, 6.07) is 17.2. The lowest BCUT2D eigenvalue weighted by Crippen LogP contribution is -2.48. The van der Waals surface area contributed by atoms with Gasteiger partial charge in [0.05, 0.1) is 12.2 Å². The first-order valence-corrected chi connectivity index (χ1v) is 12.7. The lowest BCUT2D eigenvalue weighted by Gasteiger charge is -2.41. The van der Waals surface area contributed by atoms with E-state index in [4.69, 9.17) is 4.74 Å². The smallest absolute Gasteiger partial charge is 0.254 e. The number of likely N-dealkylation sites (tertiary alicyclic amines) is 1. The molecule has 1 atom stereocenters. The Balaban J connectivity index is 1.51. The van der Waals surface area contributed by atoms with Crippen LogP contribution in [0.1, 0.15) is 34.3 Å². The first kappa shape index (κ1) is 23.6. The van der Waals surface area contributed by atoms with Crippen LogP contribution in [0.2, 0.25) is 0 Å². The molecule has 4 rings (SSSR count). The van der Waals surface area contributed by atoms with Crippen molar-refractivity contribution >= 4 is 17.2 Å². The van der Waals surface area contributed by atoms with Crippen LogP contribution in [-0.2, 0) is 17.7 Å². The molecule has 1 aliphatic rings. The SMILES string of the molecule is COCCN(Cc1cccnc1)C(Cc1ccccc1)C1CCN(C(=O)c2ccsc2)CC1. The molecule has 3 aromatic rings. The normalized spacial score (nSPS) is 15.6. The number of thiophene rings is 1. The summed E-state index contributed by atoms with van der Waals surface area (Å²) < 4.78 is 5.48. The van der Waals surface area contributed by atoms with Crippen molar-refractivity contribution in [1.29, 1.82) is 0 Å². The van der Waals surface area contributed by atoms with Gasteiger partial charge in [0.1, 0.15) is 0 Å². The predicted octanol–water partition coefficient (Wildman–Crippen LogP) is 4.76. The summed E-state index contributed by atoms with van der Waals surface area (Å²) in [5.41, 5.74) is 3.39. The van der Waals surface area contributed by atoms with Crippen molar-refractivity contribution in [3.8, 4) is 0 Å². The van der Waals surface area contributed by atoms with Gasteiger partial charge in [0.15, 0.2) is 0 Å². The lowest BCUT2D eigenvalue weighted by molar-refractivity contribution is 0.0485. The number of methoxy groups -OCH3 is 1. The van der Waals surface area contributed by atoms with E-state index in [0.717, 1.165) is 51.0 Å². The molecule has 0 bridgehead atoms. The molecule has 1 fully saturated rings. The van der Waals surface area contributed by atoms with E-state index >= 15 is 0 Å². The molecule has 0 saturated carbocycles. The maximum Gasteiger partial charge on any atom is 0.254 e. The molecule has 3 heterocycles. The van der Waals surface area contributed by atoms with Crippen LogP contribution in [0.5, 0.6) is 0 Å². The van der Waals surface area contributed by atoms with Crippen molar-refractivity contribution in [1.82, 2.24) is 14.8 Å². The Bertz CT molecular complexity index is 958. The number of pyridine rings is 1. The van der Waals surface area contributed by atoms with Gasteiger partial charge >= 0.3 is 0 Å². The monoisotopic (exact) mass is 463 g/mol. The minimum Gasteiger partial charge on any atom is -0.383 e. The molecule has 174 valence electrons. The van der Waals surface area contributed by atoms with Crippen molar-refractivity contribution in [2.75, 3.05) is 33.4 Å². The topological polar surface area (TPSA) is 45.7 Å². The van der Waals surface area contributed by atoms with E-state index in [9.17, 15) is 4.79 Å². The largest absolute Gasteiger partial charge is 0.383 e. The Labute approximate surface area is 201 Å². The molecule has 0 aliphatic carbocycles. The molecule has 0 radical (unpaired) electrons. The van der Waals surface area contributed by atoms with Gasteiger partial charge in [-0.05, 0) is 53.8 Å². The van der Waals surface area contributed by atoms with Gasteiger partial charge < -0.3 is 9.64 Å². The van der Waals surface area contributed by atoms with Crippen molar-refractivity contribution in [3.63, 3.8) is 0 Å². The van der Waals surface area contributed by atoms with Gasteiger partial charge in [-0.1, -0.05) is 36.4 Å². The molecule has 6 heteroatoms. The van der Waals surface area contributed by atoms with E-state index < -0.39 is 0 Å². The maximum atomic E-state index is 12.8. The number of rotatable bonds is 10. The van der Waals surface area contributed by atoms with Crippen LogP contribution in [0.3, 0.4) is 0 Å². The number of carbonyl (C=O) groups excluding carboxylic acids is 1. The Hall–Kier alpha value is -2.54. The summed E-state index contributed by atoms with van der Waals surface area (Å²) in [4.78, 5) is 21.8. The zero-order valence-corrected chi connectivity index (χ0v) is 20.1. The van der Waals surface area contributed by atoms with Crippen LogP contribution < -0.4 is 0 Å². The summed E-state index contributed by atoms with van der Waals surface area (Å²) in [5, 5.41) is 3.93. The standard InChI is InChI=1S/C27H33N3O2S/c1-32-16-15-30(20-23-8-5-12-28-19-23)26(18-22-6-3-2-4-7-22)24-9-13-29(14-10-24)27(31)25-11-17-33-21-25/h2-8,11-12,17,19,21,24,26H,9-10,13-16,18,20H2,1H3. The molecule has 1 amide bonds. The molecule has 1 saturated heterocycles. The molecule has 0 N–H and O–H groups in total. The van der Waals surface area contributed by atoms with Gasteiger partial charge in [0, 0.05) is 57.1 Å². The molecule has 1 unspecified atom stereocenters. The van der Waals surface area contributed by atoms with Crippen LogP contribution in [0, 0.1) is 5.92 Å². The molecule has 33 heavy (non-hydrogen) atoms. The van der Waals surface area contributed by atoms with Gasteiger partial charge in [-0.2, -0.15) is 11.3 Å².